The van der Waals surface area contributed by atoms with E-state index in [0.29, 0.717) is 80.3 Å². The largest absolute Gasteiger partial charge is 0.494 e. The van der Waals surface area contributed by atoms with Gasteiger partial charge in [-0.1, -0.05) is 13.2 Å². The summed E-state index contributed by atoms with van der Waals surface area (Å²) in [6, 6.07) is 16.3. The van der Waals surface area contributed by atoms with Crippen molar-refractivity contribution in [1.82, 2.24) is 0 Å². The standard InChI is InChI=1S/C36H38O10/c1-5-33(37)43-21-9-7-19-41-30-16-17-31(25(3)24-30)36(40)46-29-14-12-28(13-15-29)45-35(39)27-11-18-32(26(4)23-27)42-20-8-10-22-44-34(38)6-2/h5-6,11-18,23-24H,1-2,7-10,19-22H2,3-4H3. The van der Waals surface area contributed by atoms with Gasteiger partial charge in [-0.15, -0.1) is 0 Å². The van der Waals surface area contributed by atoms with Gasteiger partial charge in [0, 0.05) is 12.2 Å². The minimum absolute atomic E-state index is 0.288. The van der Waals surface area contributed by atoms with E-state index in [4.69, 9.17) is 28.4 Å². The summed E-state index contributed by atoms with van der Waals surface area (Å²) in [7, 11) is 0. The maximum Gasteiger partial charge on any atom is 0.343 e. The van der Waals surface area contributed by atoms with Gasteiger partial charge in [-0.25, -0.2) is 19.2 Å². The second-order valence-corrected chi connectivity index (χ2v) is 10.1. The van der Waals surface area contributed by atoms with Crippen LogP contribution in [-0.2, 0) is 19.1 Å². The van der Waals surface area contributed by atoms with E-state index in [1.807, 2.05) is 6.92 Å². The van der Waals surface area contributed by atoms with Crippen molar-refractivity contribution in [2.45, 2.75) is 39.5 Å². The number of hydrogen-bond acceptors (Lipinski definition) is 10. The zero-order valence-electron chi connectivity index (χ0n) is 26.1. The molecule has 0 unspecified atom stereocenters. The molecule has 0 atom stereocenters. The first kappa shape index (κ1) is 35.1. The molecule has 0 amide bonds. The molecule has 0 bridgehead atoms. The second kappa shape index (κ2) is 18.4. The summed E-state index contributed by atoms with van der Waals surface area (Å²) >= 11 is 0. The number of aryl methyl sites for hydroxylation is 2. The van der Waals surface area contributed by atoms with Gasteiger partial charge in [0.2, 0.25) is 0 Å². The van der Waals surface area contributed by atoms with E-state index in [1.165, 1.54) is 0 Å². The van der Waals surface area contributed by atoms with E-state index in [1.54, 1.807) is 67.6 Å². The Morgan fingerprint density at radius 3 is 1.65 bits per heavy atom. The summed E-state index contributed by atoms with van der Waals surface area (Å²) in [5.74, 6) is -0.145. The minimum Gasteiger partial charge on any atom is -0.494 e. The van der Waals surface area contributed by atoms with Crippen molar-refractivity contribution < 1.29 is 47.6 Å². The smallest absolute Gasteiger partial charge is 0.343 e. The van der Waals surface area contributed by atoms with Crippen molar-refractivity contribution in [3.05, 3.63) is 108 Å². The van der Waals surface area contributed by atoms with E-state index in [0.717, 1.165) is 17.7 Å². The molecule has 0 heterocycles. The number of hydrogen-bond donors (Lipinski definition) is 0. The molecule has 0 aromatic heterocycles. The first-order chi connectivity index (χ1) is 22.2. The topological polar surface area (TPSA) is 124 Å². The van der Waals surface area contributed by atoms with Crippen LogP contribution in [0.15, 0.2) is 86.0 Å². The molecule has 10 heteroatoms. The highest BCUT2D eigenvalue weighted by atomic mass is 16.5. The molecule has 0 aliphatic carbocycles. The molecule has 0 saturated heterocycles. The molecule has 0 spiro atoms. The first-order valence-electron chi connectivity index (χ1n) is 14.8. The fourth-order valence-corrected chi connectivity index (χ4v) is 4.04. The molecule has 3 aromatic carbocycles. The van der Waals surface area contributed by atoms with Crippen molar-refractivity contribution in [1.29, 1.82) is 0 Å². The van der Waals surface area contributed by atoms with Crippen LogP contribution in [0.25, 0.3) is 0 Å². The molecule has 10 nitrogen and oxygen atoms in total. The van der Waals surface area contributed by atoms with Crippen molar-refractivity contribution in [3.63, 3.8) is 0 Å². The van der Waals surface area contributed by atoms with Gasteiger partial charge in [0.25, 0.3) is 0 Å². The predicted molar refractivity (Wildman–Crippen MR) is 170 cm³/mol. The number of carbonyl (C=O) groups excluding carboxylic acids is 4. The summed E-state index contributed by atoms with van der Waals surface area (Å²) in [5.41, 5.74) is 2.20. The molecule has 0 fully saturated rings. The van der Waals surface area contributed by atoms with Crippen LogP contribution in [0.2, 0.25) is 0 Å². The van der Waals surface area contributed by atoms with Crippen LogP contribution in [0, 0.1) is 13.8 Å². The van der Waals surface area contributed by atoms with Crippen LogP contribution in [-0.4, -0.2) is 50.3 Å². The van der Waals surface area contributed by atoms with E-state index in [-0.39, 0.29) is 11.5 Å². The fraction of sp³-hybridized carbons (Fsp3) is 0.278. The van der Waals surface area contributed by atoms with E-state index >= 15 is 0 Å². The highest BCUT2D eigenvalue weighted by Gasteiger charge is 2.15. The number of rotatable bonds is 18. The third-order valence-corrected chi connectivity index (χ3v) is 6.50. The molecule has 0 aliphatic heterocycles. The van der Waals surface area contributed by atoms with Gasteiger partial charge < -0.3 is 28.4 Å². The van der Waals surface area contributed by atoms with E-state index in [2.05, 4.69) is 13.2 Å². The van der Waals surface area contributed by atoms with Gasteiger partial charge in [-0.2, -0.15) is 0 Å². The maximum atomic E-state index is 12.8. The maximum absolute atomic E-state index is 12.8. The number of ether oxygens (including phenoxy) is 6. The minimum atomic E-state index is -0.544. The van der Waals surface area contributed by atoms with Gasteiger partial charge in [0.05, 0.1) is 37.6 Å². The van der Waals surface area contributed by atoms with Crippen molar-refractivity contribution >= 4 is 23.9 Å². The highest BCUT2D eigenvalue weighted by Crippen LogP contribution is 2.24. The Morgan fingerprint density at radius 1 is 0.587 bits per heavy atom. The van der Waals surface area contributed by atoms with Crippen LogP contribution >= 0.6 is 0 Å². The highest BCUT2D eigenvalue weighted by molar-refractivity contribution is 5.93. The van der Waals surface area contributed by atoms with Crippen LogP contribution < -0.4 is 18.9 Å². The third-order valence-electron chi connectivity index (χ3n) is 6.50. The predicted octanol–water partition coefficient (Wildman–Crippen LogP) is 6.52. The Kier molecular flexibility index (Phi) is 14.1. The van der Waals surface area contributed by atoms with Crippen LogP contribution in [0.5, 0.6) is 23.0 Å². The van der Waals surface area contributed by atoms with Crippen LogP contribution in [0.4, 0.5) is 0 Å². The molecule has 0 N–H and O–H groups in total. The zero-order chi connectivity index (χ0) is 33.3. The Balaban J connectivity index is 1.44. The molecule has 3 rings (SSSR count). The Labute approximate surface area is 268 Å². The lowest BCUT2D eigenvalue weighted by Gasteiger charge is -2.11. The number of carbonyl (C=O) groups is 4. The summed E-state index contributed by atoms with van der Waals surface area (Å²) in [6.07, 6.45) is 4.95. The number of esters is 4. The van der Waals surface area contributed by atoms with E-state index in [9.17, 15) is 19.2 Å². The van der Waals surface area contributed by atoms with Crippen molar-refractivity contribution in [2.24, 2.45) is 0 Å². The molecule has 0 radical (unpaired) electrons. The fourth-order valence-electron chi connectivity index (χ4n) is 4.04. The first-order valence-corrected chi connectivity index (χ1v) is 14.8. The van der Waals surface area contributed by atoms with Crippen molar-refractivity contribution in [3.8, 4) is 23.0 Å². The van der Waals surface area contributed by atoms with Gasteiger partial charge in [0.1, 0.15) is 23.0 Å². The second-order valence-electron chi connectivity index (χ2n) is 10.1. The molecule has 242 valence electrons. The Morgan fingerprint density at radius 2 is 1.11 bits per heavy atom. The number of benzene rings is 3. The average Bonchev–Trinajstić information content (AvgIpc) is 3.05. The monoisotopic (exact) mass is 630 g/mol. The molecule has 0 aliphatic rings. The average molecular weight is 631 g/mol. The summed E-state index contributed by atoms with van der Waals surface area (Å²) < 4.78 is 32.4. The quantitative estimate of drug-likeness (QED) is 0.0664. The van der Waals surface area contributed by atoms with Gasteiger partial charge in [0.15, 0.2) is 0 Å². The molecule has 3 aromatic rings. The SMILES string of the molecule is C=CC(=O)OCCCCOc1ccc(C(=O)Oc2ccc(OC(=O)c3ccc(OCCCCOC(=O)C=C)c(C)c3)cc2)c(C)c1. The summed E-state index contributed by atoms with van der Waals surface area (Å²) in [6.45, 7) is 11.8. The zero-order valence-corrected chi connectivity index (χ0v) is 26.1. The van der Waals surface area contributed by atoms with Gasteiger partial charge in [-0.05, 0) is 111 Å². The van der Waals surface area contributed by atoms with Crippen LogP contribution in [0.3, 0.4) is 0 Å². The lowest BCUT2D eigenvalue weighted by atomic mass is 10.1. The Bertz CT molecular complexity index is 1520. The normalized spacial score (nSPS) is 10.3. The summed E-state index contributed by atoms with van der Waals surface area (Å²) in [4.78, 5) is 47.6. The summed E-state index contributed by atoms with van der Waals surface area (Å²) in [5, 5.41) is 0. The molecular formula is C36H38O10. The van der Waals surface area contributed by atoms with Crippen LogP contribution in [0.1, 0.15) is 57.5 Å². The lowest BCUT2D eigenvalue weighted by molar-refractivity contribution is -0.138. The van der Waals surface area contributed by atoms with E-state index < -0.39 is 23.9 Å². The third kappa shape index (κ3) is 11.6. The molecular weight excluding hydrogens is 592 g/mol. The van der Waals surface area contributed by atoms with Gasteiger partial charge in [-0.3, -0.25) is 0 Å². The molecule has 0 saturated carbocycles. The molecule has 46 heavy (non-hydrogen) atoms. The van der Waals surface area contributed by atoms with Crippen molar-refractivity contribution in [2.75, 3.05) is 26.4 Å². The van der Waals surface area contributed by atoms with Gasteiger partial charge >= 0.3 is 23.9 Å². The Hall–Kier alpha value is -5.38. The lowest BCUT2D eigenvalue weighted by Crippen LogP contribution is -2.11. The number of unbranched alkanes of at least 4 members (excludes halogenated alkanes) is 2.